The number of phenolic OH excluding ortho intramolecular Hbond substituents is 1. The van der Waals surface area contributed by atoms with Crippen molar-refractivity contribution in [3.63, 3.8) is 0 Å². The highest BCUT2D eigenvalue weighted by atomic mass is 35.5. The van der Waals surface area contributed by atoms with Crippen molar-refractivity contribution in [3.05, 3.63) is 53.1 Å². The standard InChI is InChI=1S/C16H15ClN2O4/c1-22-14-7-2-4-11(16(14)21)9-18-19-15(20)10-23-13-6-3-5-12(17)8-13/h2-9,21H,10H2,1H3,(H,19,20). The summed E-state index contributed by atoms with van der Waals surface area (Å²) in [6.07, 6.45) is 1.31. The number of nitrogens with one attached hydrogen (secondary N) is 1. The highest BCUT2D eigenvalue weighted by Crippen LogP contribution is 2.27. The minimum absolute atomic E-state index is 0.0526. The second-order valence-electron chi connectivity index (χ2n) is 4.44. The van der Waals surface area contributed by atoms with Crippen molar-refractivity contribution in [3.8, 4) is 17.2 Å². The molecule has 0 aliphatic carbocycles. The third-order valence-electron chi connectivity index (χ3n) is 2.81. The van der Waals surface area contributed by atoms with Gasteiger partial charge in [-0.25, -0.2) is 5.43 Å². The monoisotopic (exact) mass is 334 g/mol. The Bertz CT molecular complexity index is 719. The van der Waals surface area contributed by atoms with Gasteiger partial charge in [-0.3, -0.25) is 4.79 Å². The molecule has 23 heavy (non-hydrogen) atoms. The van der Waals surface area contributed by atoms with E-state index in [0.717, 1.165) is 0 Å². The molecule has 0 spiro atoms. The van der Waals surface area contributed by atoms with Gasteiger partial charge in [0.2, 0.25) is 0 Å². The number of amides is 1. The number of phenols is 1. The SMILES string of the molecule is COc1cccc(C=NNC(=O)COc2cccc(Cl)c2)c1O. The number of benzene rings is 2. The zero-order chi connectivity index (χ0) is 16.7. The highest BCUT2D eigenvalue weighted by molar-refractivity contribution is 6.30. The van der Waals surface area contributed by atoms with Gasteiger partial charge in [-0.1, -0.05) is 23.7 Å². The van der Waals surface area contributed by atoms with Crippen molar-refractivity contribution in [1.29, 1.82) is 0 Å². The number of ether oxygens (including phenoxy) is 2. The third-order valence-corrected chi connectivity index (χ3v) is 3.04. The quantitative estimate of drug-likeness (QED) is 0.628. The number of methoxy groups -OCH3 is 1. The average Bonchev–Trinajstić information content (AvgIpc) is 2.54. The lowest BCUT2D eigenvalue weighted by Crippen LogP contribution is -2.24. The van der Waals surface area contributed by atoms with Gasteiger partial charge in [0, 0.05) is 10.6 Å². The fraction of sp³-hybridized carbons (Fsp3) is 0.125. The van der Waals surface area contributed by atoms with E-state index in [1.54, 1.807) is 42.5 Å². The molecule has 0 radical (unpaired) electrons. The number of rotatable bonds is 6. The average molecular weight is 335 g/mol. The topological polar surface area (TPSA) is 80.2 Å². The van der Waals surface area contributed by atoms with Crippen LogP contribution < -0.4 is 14.9 Å². The maximum atomic E-state index is 11.6. The summed E-state index contributed by atoms with van der Waals surface area (Å²) >= 11 is 5.81. The van der Waals surface area contributed by atoms with Crippen LogP contribution in [-0.2, 0) is 4.79 Å². The van der Waals surface area contributed by atoms with Gasteiger partial charge >= 0.3 is 0 Å². The van der Waals surface area contributed by atoms with Crippen molar-refractivity contribution in [2.45, 2.75) is 0 Å². The summed E-state index contributed by atoms with van der Waals surface area (Å²) in [4.78, 5) is 11.6. The van der Waals surface area contributed by atoms with Crippen molar-refractivity contribution in [2.24, 2.45) is 5.10 Å². The van der Waals surface area contributed by atoms with Gasteiger partial charge in [-0.2, -0.15) is 5.10 Å². The van der Waals surface area contributed by atoms with E-state index < -0.39 is 5.91 Å². The molecule has 0 saturated carbocycles. The first-order chi connectivity index (χ1) is 11.1. The first-order valence-electron chi connectivity index (χ1n) is 6.66. The van der Waals surface area contributed by atoms with Gasteiger partial charge in [-0.15, -0.1) is 0 Å². The summed E-state index contributed by atoms with van der Waals surface area (Å²) < 4.78 is 10.3. The number of aromatic hydroxyl groups is 1. The minimum atomic E-state index is -0.441. The Labute approximate surface area is 138 Å². The first kappa shape index (κ1) is 16.6. The predicted molar refractivity (Wildman–Crippen MR) is 87.3 cm³/mol. The second kappa shape index (κ2) is 8.05. The van der Waals surface area contributed by atoms with Gasteiger partial charge in [-0.05, 0) is 30.3 Å². The van der Waals surface area contributed by atoms with Crippen molar-refractivity contribution >= 4 is 23.7 Å². The Hall–Kier alpha value is -2.73. The van der Waals surface area contributed by atoms with E-state index in [1.165, 1.54) is 13.3 Å². The van der Waals surface area contributed by atoms with Crippen molar-refractivity contribution in [1.82, 2.24) is 5.43 Å². The fourth-order valence-corrected chi connectivity index (χ4v) is 1.90. The summed E-state index contributed by atoms with van der Waals surface area (Å²) in [5, 5.41) is 14.1. The molecule has 2 rings (SSSR count). The molecule has 0 aromatic heterocycles. The van der Waals surface area contributed by atoms with Gasteiger partial charge in [0.1, 0.15) is 5.75 Å². The Morgan fingerprint density at radius 1 is 1.35 bits per heavy atom. The number of carbonyl (C=O) groups is 1. The normalized spacial score (nSPS) is 10.5. The van der Waals surface area contributed by atoms with Crippen molar-refractivity contribution in [2.75, 3.05) is 13.7 Å². The van der Waals surface area contributed by atoms with Crippen LogP contribution in [0.15, 0.2) is 47.6 Å². The maximum Gasteiger partial charge on any atom is 0.277 e. The van der Waals surface area contributed by atoms with E-state index in [0.29, 0.717) is 22.1 Å². The van der Waals surface area contributed by atoms with E-state index in [2.05, 4.69) is 10.5 Å². The molecule has 0 heterocycles. The van der Waals surface area contributed by atoms with Crippen LogP contribution in [0.5, 0.6) is 17.2 Å². The molecular weight excluding hydrogens is 320 g/mol. The van der Waals surface area contributed by atoms with Crippen LogP contribution in [0, 0.1) is 0 Å². The Kier molecular flexibility index (Phi) is 5.82. The number of carbonyl (C=O) groups excluding carboxylic acids is 1. The molecule has 120 valence electrons. The largest absolute Gasteiger partial charge is 0.504 e. The van der Waals surface area contributed by atoms with E-state index in [4.69, 9.17) is 21.1 Å². The number of para-hydroxylation sites is 1. The summed E-state index contributed by atoms with van der Waals surface area (Å²) in [5.74, 6) is 0.318. The molecule has 0 aliphatic rings. The van der Waals surface area contributed by atoms with Gasteiger partial charge in [0.25, 0.3) is 5.91 Å². The van der Waals surface area contributed by atoms with Crippen LogP contribution in [-0.4, -0.2) is 30.9 Å². The van der Waals surface area contributed by atoms with Crippen LogP contribution in [0.4, 0.5) is 0 Å². The fourth-order valence-electron chi connectivity index (χ4n) is 1.72. The number of hydrogen-bond donors (Lipinski definition) is 2. The Morgan fingerprint density at radius 3 is 2.87 bits per heavy atom. The summed E-state index contributed by atoms with van der Waals surface area (Å²) in [6.45, 7) is -0.207. The van der Waals surface area contributed by atoms with E-state index in [-0.39, 0.29) is 12.4 Å². The zero-order valence-electron chi connectivity index (χ0n) is 12.3. The van der Waals surface area contributed by atoms with Crippen LogP contribution in [0.2, 0.25) is 5.02 Å². The molecular formula is C16H15ClN2O4. The van der Waals surface area contributed by atoms with E-state index in [1.807, 2.05) is 0 Å². The minimum Gasteiger partial charge on any atom is -0.504 e. The smallest absolute Gasteiger partial charge is 0.277 e. The van der Waals surface area contributed by atoms with Gasteiger partial charge in [0.05, 0.1) is 13.3 Å². The van der Waals surface area contributed by atoms with Crippen LogP contribution in [0.3, 0.4) is 0 Å². The number of hydrogen-bond acceptors (Lipinski definition) is 5. The predicted octanol–water partition coefficient (Wildman–Crippen LogP) is 2.58. The Balaban J connectivity index is 1.87. The summed E-state index contributed by atoms with van der Waals surface area (Å²) in [6, 6.07) is 11.7. The summed E-state index contributed by atoms with van der Waals surface area (Å²) in [7, 11) is 1.45. The number of hydrazone groups is 1. The zero-order valence-corrected chi connectivity index (χ0v) is 13.1. The first-order valence-corrected chi connectivity index (χ1v) is 7.04. The highest BCUT2D eigenvalue weighted by Gasteiger charge is 2.05. The molecule has 2 N–H and O–H groups in total. The molecule has 0 atom stereocenters. The lowest BCUT2D eigenvalue weighted by molar-refractivity contribution is -0.123. The van der Waals surface area contributed by atoms with Crippen molar-refractivity contribution < 1.29 is 19.4 Å². The molecule has 2 aromatic rings. The molecule has 0 unspecified atom stereocenters. The third kappa shape index (κ3) is 4.89. The molecule has 1 amide bonds. The van der Waals surface area contributed by atoms with Crippen LogP contribution in [0.1, 0.15) is 5.56 Å². The molecule has 6 nitrogen and oxygen atoms in total. The maximum absolute atomic E-state index is 11.6. The van der Waals surface area contributed by atoms with E-state index in [9.17, 15) is 9.90 Å². The molecule has 0 fully saturated rings. The van der Waals surface area contributed by atoms with Crippen LogP contribution >= 0.6 is 11.6 Å². The summed E-state index contributed by atoms with van der Waals surface area (Å²) in [5.41, 5.74) is 2.72. The molecule has 0 saturated heterocycles. The van der Waals surface area contributed by atoms with E-state index >= 15 is 0 Å². The second-order valence-corrected chi connectivity index (χ2v) is 4.87. The van der Waals surface area contributed by atoms with Crippen LogP contribution in [0.25, 0.3) is 0 Å². The van der Waals surface area contributed by atoms with Gasteiger partial charge in [0.15, 0.2) is 18.1 Å². The molecule has 0 aliphatic heterocycles. The number of halogens is 1. The number of nitrogens with zero attached hydrogens (tertiary/aromatic N) is 1. The Morgan fingerprint density at radius 2 is 2.13 bits per heavy atom. The molecule has 0 bridgehead atoms. The lowest BCUT2D eigenvalue weighted by Gasteiger charge is -2.06. The lowest BCUT2D eigenvalue weighted by atomic mass is 10.2. The molecule has 7 heteroatoms. The van der Waals surface area contributed by atoms with Gasteiger partial charge < -0.3 is 14.6 Å². The molecule has 2 aromatic carbocycles.